The first kappa shape index (κ1) is 15.5. The van der Waals surface area contributed by atoms with Crippen LogP contribution in [0.4, 0.5) is 0 Å². The van der Waals surface area contributed by atoms with Gasteiger partial charge in [0.15, 0.2) is 6.61 Å². The summed E-state index contributed by atoms with van der Waals surface area (Å²) in [6, 6.07) is 10.7. The van der Waals surface area contributed by atoms with E-state index in [1.165, 1.54) is 0 Å². The molecule has 1 aromatic heterocycles. The summed E-state index contributed by atoms with van der Waals surface area (Å²) in [7, 11) is 1.59. The van der Waals surface area contributed by atoms with Crippen LogP contribution in [-0.2, 0) is 4.79 Å². The summed E-state index contributed by atoms with van der Waals surface area (Å²) in [5.41, 5.74) is 3.96. The fourth-order valence-corrected chi connectivity index (χ4v) is 1.64. The predicted octanol–water partition coefficient (Wildman–Crippen LogP) is 2.01. The largest absolute Gasteiger partial charge is 0.497 e. The first-order chi connectivity index (χ1) is 10.7. The van der Waals surface area contributed by atoms with Crippen LogP contribution in [0.5, 0.6) is 11.5 Å². The van der Waals surface area contributed by atoms with Crippen molar-refractivity contribution in [2.24, 2.45) is 5.10 Å². The zero-order valence-electron chi connectivity index (χ0n) is 12.4. The van der Waals surface area contributed by atoms with Crippen molar-refractivity contribution in [2.75, 3.05) is 13.7 Å². The van der Waals surface area contributed by atoms with Gasteiger partial charge in [-0.3, -0.25) is 9.78 Å². The van der Waals surface area contributed by atoms with Crippen molar-refractivity contribution < 1.29 is 14.3 Å². The molecule has 0 aliphatic carbocycles. The summed E-state index contributed by atoms with van der Waals surface area (Å²) in [5, 5.41) is 4.01. The molecule has 2 aromatic rings. The van der Waals surface area contributed by atoms with Crippen LogP contribution < -0.4 is 14.9 Å². The number of methoxy groups -OCH3 is 1. The fourth-order valence-electron chi connectivity index (χ4n) is 1.64. The van der Waals surface area contributed by atoms with Crippen molar-refractivity contribution in [1.82, 2.24) is 10.4 Å². The second-order valence-electron chi connectivity index (χ2n) is 4.44. The van der Waals surface area contributed by atoms with Gasteiger partial charge >= 0.3 is 0 Å². The maximum atomic E-state index is 11.7. The van der Waals surface area contributed by atoms with Gasteiger partial charge in [0.1, 0.15) is 11.5 Å². The molecule has 0 bridgehead atoms. The normalized spacial score (nSPS) is 10.9. The molecule has 6 heteroatoms. The standard InChI is InChI=1S/C16H17N3O3/c1-12(13-4-3-9-17-10-13)18-19-16(20)11-22-15-7-5-14(21-2)6-8-15/h3-10H,11H2,1-2H3,(H,19,20)/b18-12-. The van der Waals surface area contributed by atoms with Crippen molar-refractivity contribution in [3.8, 4) is 11.5 Å². The average Bonchev–Trinajstić information content (AvgIpc) is 2.59. The fraction of sp³-hybridized carbons (Fsp3) is 0.188. The van der Waals surface area contributed by atoms with Gasteiger partial charge in [-0.2, -0.15) is 5.10 Å². The van der Waals surface area contributed by atoms with Gasteiger partial charge in [-0.1, -0.05) is 6.07 Å². The van der Waals surface area contributed by atoms with Crippen LogP contribution in [0.2, 0.25) is 0 Å². The van der Waals surface area contributed by atoms with E-state index in [0.717, 1.165) is 11.3 Å². The highest BCUT2D eigenvalue weighted by atomic mass is 16.5. The molecule has 1 aromatic carbocycles. The molecular formula is C16H17N3O3. The highest BCUT2D eigenvalue weighted by Crippen LogP contribution is 2.16. The lowest BCUT2D eigenvalue weighted by molar-refractivity contribution is -0.123. The number of ether oxygens (including phenoxy) is 2. The lowest BCUT2D eigenvalue weighted by atomic mass is 10.2. The molecule has 114 valence electrons. The Balaban J connectivity index is 1.82. The van der Waals surface area contributed by atoms with Crippen LogP contribution in [0.15, 0.2) is 53.9 Å². The minimum atomic E-state index is -0.334. The average molecular weight is 299 g/mol. The van der Waals surface area contributed by atoms with Crippen LogP contribution >= 0.6 is 0 Å². The number of hydrogen-bond acceptors (Lipinski definition) is 5. The smallest absolute Gasteiger partial charge is 0.277 e. The summed E-state index contributed by atoms with van der Waals surface area (Å²) in [6.07, 6.45) is 3.36. The summed E-state index contributed by atoms with van der Waals surface area (Å²) >= 11 is 0. The number of aromatic nitrogens is 1. The topological polar surface area (TPSA) is 72.8 Å². The number of carbonyl (C=O) groups is 1. The van der Waals surface area contributed by atoms with Crippen LogP contribution in [0.25, 0.3) is 0 Å². The Labute approximate surface area is 128 Å². The molecule has 2 rings (SSSR count). The van der Waals surface area contributed by atoms with Crippen molar-refractivity contribution in [3.05, 3.63) is 54.4 Å². The van der Waals surface area contributed by atoms with E-state index in [1.54, 1.807) is 50.7 Å². The molecular weight excluding hydrogens is 282 g/mol. The van der Waals surface area contributed by atoms with Crippen molar-refractivity contribution in [2.45, 2.75) is 6.92 Å². The summed E-state index contributed by atoms with van der Waals surface area (Å²) < 4.78 is 10.4. The quantitative estimate of drug-likeness (QED) is 0.654. The zero-order chi connectivity index (χ0) is 15.8. The minimum Gasteiger partial charge on any atom is -0.497 e. The Hall–Kier alpha value is -2.89. The van der Waals surface area contributed by atoms with E-state index in [0.29, 0.717) is 11.5 Å². The highest BCUT2D eigenvalue weighted by molar-refractivity contribution is 5.98. The molecule has 0 fully saturated rings. The Bertz CT molecular complexity index is 639. The maximum absolute atomic E-state index is 11.7. The van der Waals surface area contributed by atoms with E-state index in [1.807, 2.05) is 12.1 Å². The van der Waals surface area contributed by atoms with Crippen LogP contribution in [0.3, 0.4) is 0 Å². The van der Waals surface area contributed by atoms with E-state index < -0.39 is 0 Å². The SMILES string of the molecule is COc1ccc(OCC(=O)N/N=C(/C)c2cccnc2)cc1. The Morgan fingerprint density at radius 1 is 1.23 bits per heavy atom. The van der Waals surface area contributed by atoms with E-state index >= 15 is 0 Å². The Morgan fingerprint density at radius 2 is 1.95 bits per heavy atom. The van der Waals surface area contributed by atoms with Crippen LogP contribution in [0, 0.1) is 0 Å². The van der Waals surface area contributed by atoms with Gasteiger partial charge < -0.3 is 9.47 Å². The maximum Gasteiger partial charge on any atom is 0.277 e. The van der Waals surface area contributed by atoms with E-state index in [-0.39, 0.29) is 12.5 Å². The molecule has 1 amide bonds. The Morgan fingerprint density at radius 3 is 2.59 bits per heavy atom. The monoisotopic (exact) mass is 299 g/mol. The number of nitrogens with one attached hydrogen (secondary N) is 1. The van der Waals surface area contributed by atoms with Gasteiger partial charge in [-0.25, -0.2) is 5.43 Å². The molecule has 0 saturated carbocycles. The second kappa shape index (κ2) is 7.78. The summed E-state index contributed by atoms with van der Waals surface area (Å²) in [6.45, 7) is 1.68. The number of amides is 1. The van der Waals surface area contributed by atoms with Gasteiger partial charge in [0, 0.05) is 18.0 Å². The molecule has 0 radical (unpaired) electrons. The van der Waals surface area contributed by atoms with Crippen molar-refractivity contribution in [3.63, 3.8) is 0 Å². The van der Waals surface area contributed by atoms with Gasteiger partial charge in [0.25, 0.3) is 5.91 Å². The van der Waals surface area contributed by atoms with Crippen molar-refractivity contribution >= 4 is 11.6 Å². The highest BCUT2D eigenvalue weighted by Gasteiger charge is 2.03. The summed E-state index contributed by atoms with van der Waals surface area (Å²) in [5.74, 6) is 0.983. The third kappa shape index (κ3) is 4.59. The lowest BCUT2D eigenvalue weighted by Gasteiger charge is -2.06. The zero-order valence-corrected chi connectivity index (χ0v) is 12.4. The lowest BCUT2D eigenvalue weighted by Crippen LogP contribution is -2.25. The molecule has 1 heterocycles. The molecule has 0 unspecified atom stereocenters. The third-order valence-corrected chi connectivity index (χ3v) is 2.86. The van der Waals surface area contributed by atoms with E-state index in [9.17, 15) is 4.79 Å². The van der Waals surface area contributed by atoms with Gasteiger partial charge in [-0.15, -0.1) is 0 Å². The third-order valence-electron chi connectivity index (χ3n) is 2.86. The van der Waals surface area contributed by atoms with Crippen LogP contribution in [-0.4, -0.2) is 30.3 Å². The predicted molar refractivity (Wildman–Crippen MR) is 83.1 cm³/mol. The molecule has 0 saturated heterocycles. The van der Waals surface area contributed by atoms with E-state index in [4.69, 9.17) is 9.47 Å². The summed E-state index contributed by atoms with van der Waals surface area (Å²) in [4.78, 5) is 15.7. The molecule has 22 heavy (non-hydrogen) atoms. The van der Waals surface area contributed by atoms with Gasteiger partial charge in [0.2, 0.25) is 0 Å². The number of rotatable bonds is 6. The molecule has 0 spiro atoms. The first-order valence-corrected chi connectivity index (χ1v) is 6.69. The minimum absolute atomic E-state index is 0.115. The molecule has 0 aliphatic rings. The van der Waals surface area contributed by atoms with Gasteiger partial charge in [0.05, 0.1) is 12.8 Å². The number of carbonyl (C=O) groups excluding carboxylic acids is 1. The van der Waals surface area contributed by atoms with E-state index in [2.05, 4.69) is 15.5 Å². The molecule has 6 nitrogen and oxygen atoms in total. The van der Waals surface area contributed by atoms with Crippen LogP contribution in [0.1, 0.15) is 12.5 Å². The molecule has 0 atom stereocenters. The molecule has 0 aliphatic heterocycles. The number of hydrazone groups is 1. The van der Waals surface area contributed by atoms with Gasteiger partial charge in [-0.05, 0) is 37.3 Å². The van der Waals surface area contributed by atoms with Crippen molar-refractivity contribution in [1.29, 1.82) is 0 Å². The Kier molecular flexibility index (Phi) is 5.48. The second-order valence-corrected chi connectivity index (χ2v) is 4.44. The number of benzene rings is 1. The number of hydrogen-bond donors (Lipinski definition) is 1. The number of pyridine rings is 1. The number of nitrogens with zero attached hydrogens (tertiary/aromatic N) is 2. The molecule has 1 N–H and O–H groups in total. The first-order valence-electron chi connectivity index (χ1n) is 6.69.